The van der Waals surface area contributed by atoms with E-state index in [9.17, 15) is 4.79 Å². The fraction of sp³-hybridized carbons (Fsp3) is 0.909. The van der Waals surface area contributed by atoms with Gasteiger partial charge >= 0.3 is 0 Å². The van der Waals surface area contributed by atoms with Crippen LogP contribution < -0.4 is 5.32 Å². The van der Waals surface area contributed by atoms with Crippen LogP contribution in [0.2, 0.25) is 0 Å². The first-order valence-electron chi connectivity index (χ1n) is 5.95. The first kappa shape index (κ1) is 11.8. The van der Waals surface area contributed by atoms with Gasteiger partial charge in [-0.25, -0.2) is 0 Å². The van der Waals surface area contributed by atoms with Gasteiger partial charge in [0.15, 0.2) is 0 Å². The minimum absolute atomic E-state index is 0.0630. The third kappa shape index (κ3) is 2.93. The van der Waals surface area contributed by atoms with E-state index in [0.717, 1.165) is 32.5 Å². The van der Waals surface area contributed by atoms with Crippen LogP contribution >= 0.6 is 0 Å². The van der Waals surface area contributed by atoms with Gasteiger partial charge in [0.1, 0.15) is 0 Å². The number of nitrogens with zero attached hydrogens (tertiary/aromatic N) is 1. The van der Waals surface area contributed by atoms with Gasteiger partial charge in [-0.05, 0) is 12.8 Å². The predicted molar refractivity (Wildman–Crippen MR) is 59.2 cm³/mol. The second kappa shape index (κ2) is 5.61. The van der Waals surface area contributed by atoms with Gasteiger partial charge in [-0.2, -0.15) is 0 Å². The summed E-state index contributed by atoms with van der Waals surface area (Å²) in [6, 6.07) is 0. The molecule has 2 unspecified atom stereocenters. The predicted octanol–water partition coefficient (Wildman–Crippen LogP) is -0.388. The molecule has 2 aliphatic rings. The number of hydrogen-bond donors (Lipinski definition) is 1. The number of carbonyl (C=O) groups excluding carboxylic acids is 1. The van der Waals surface area contributed by atoms with Crippen LogP contribution in [0.1, 0.15) is 12.8 Å². The lowest BCUT2D eigenvalue weighted by atomic mass is 10.1. The first-order chi connectivity index (χ1) is 7.79. The zero-order valence-corrected chi connectivity index (χ0v) is 9.78. The Morgan fingerprint density at radius 3 is 2.88 bits per heavy atom. The topological polar surface area (TPSA) is 50.8 Å². The summed E-state index contributed by atoms with van der Waals surface area (Å²) in [7, 11) is 1.67. The maximum atomic E-state index is 11.3. The molecule has 2 aliphatic heterocycles. The van der Waals surface area contributed by atoms with E-state index in [0.29, 0.717) is 13.2 Å². The van der Waals surface area contributed by atoms with E-state index in [4.69, 9.17) is 9.47 Å². The Labute approximate surface area is 96.1 Å². The SMILES string of the molecule is CNC(=O)CN1CCOC(C2CCCO2)C1. The Kier molecular flexibility index (Phi) is 4.15. The molecule has 16 heavy (non-hydrogen) atoms. The largest absolute Gasteiger partial charge is 0.375 e. The van der Waals surface area contributed by atoms with Crippen molar-refractivity contribution in [3.63, 3.8) is 0 Å². The Morgan fingerprint density at radius 1 is 1.38 bits per heavy atom. The van der Waals surface area contributed by atoms with Gasteiger partial charge in [0, 0.05) is 26.7 Å². The number of amides is 1. The van der Waals surface area contributed by atoms with E-state index in [1.165, 1.54) is 0 Å². The summed E-state index contributed by atoms with van der Waals surface area (Å²) < 4.78 is 11.3. The second-order valence-electron chi connectivity index (χ2n) is 4.37. The van der Waals surface area contributed by atoms with Crippen LogP contribution in [0.25, 0.3) is 0 Å². The van der Waals surface area contributed by atoms with Crippen molar-refractivity contribution in [3.8, 4) is 0 Å². The quantitative estimate of drug-likeness (QED) is 0.715. The van der Waals surface area contributed by atoms with E-state index in [1.54, 1.807) is 7.05 Å². The van der Waals surface area contributed by atoms with Crippen LogP contribution in [0.5, 0.6) is 0 Å². The summed E-state index contributed by atoms with van der Waals surface area (Å²) in [5.41, 5.74) is 0. The molecule has 2 saturated heterocycles. The number of likely N-dealkylation sites (N-methyl/N-ethyl adjacent to an activating group) is 1. The fourth-order valence-corrected chi connectivity index (χ4v) is 2.28. The molecule has 0 saturated carbocycles. The Morgan fingerprint density at radius 2 is 2.19 bits per heavy atom. The standard InChI is InChI=1S/C11H20N2O3/c1-12-11(14)8-13-4-6-16-10(7-13)9-3-2-5-15-9/h9-10H,2-8H2,1H3,(H,12,14). The summed E-state index contributed by atoms with van der Waals surface area (Å²) in [5, 5.41) is 2.64. The van der Waals surface area contributed by atoms with Crippen LogP contribution in [0.3, 0.4) is 0 Å². The number of nitrogens with one attached hydrogen (secondary N) is 1. The van der Waals surface area contributed by atoms with Crippen molar-refractivity contribution in [1.82, 2.24) is 10.2 Å². The Bertz CT molecular complexity index is 241. The molecule has 0 aliphatic carbocycles. The van der Waals surface area contributed by atoms with Crippen molar-refractivity contribution < 1.29 is 14.3 Å². The highest BCUT2D eigenvalue weighted by Crippen LogP contribution is 2.20. The maximum absolute atomic E-state index is 11.3. The first-order valence-corrected chi connectivity index (χ1v) is 5.95. The highest BCUT2D eigenvalue weighted by Gasteiger charge is 2.31. The number of hydrogen-bond acceptors (Lipinski definition) is 4. The van der Waals surface area contributed by atoms with Crippen molar-refractivity contribution in [2.45, 2.75) is 25.0 Å². The molecule has 2 fully saturated rings. The van der Waals surface area contributed by atoms with Crippen LogP contribution in [-0.2, 0) is 14.3 Å². The third-order valence-corrected chi connectivity index (χ3v) is 3.20. The molecule has 2 atom stereocenters. The normalized spacial score (nSPS) is 31.6. The number of carbonyl (C=O) groups is 1. The molecular weight excluding hydrogens is 208 g/mol. The van der Waals surface area contributed by atoms with Crippen molar-refractivity contribution in [3.05, 3.63) is 0 Å². The smallest absolute Gasteiger partial charge is 0.233 e. The van der Waals surface area contributed by atoms with Gasteiger partial charge in [-0.1, -0.05) is 0 Å². The average Bonchev–Trinajstić information content (AvgIpc) is 2.83. The molecule has 0 bridgehead atoms. The van der Waals surface area contributed by atoms with Gasteiger partial charge < -0.3 is 14.8 Å². The van der Waals surface area contributed by atoms with Crippen LogP contribution in [0.4, 0.5) is 0 Å². The van der Waals surface area contributed by atoms with Crippen molar-refractivity contribution in [2.24, 2.45) is 0 Å². The number of rotatable bonds is 3. The summed E-state index contributed by atoms with van der Waals surface area (Å²) >= 11 is 0. The van der Waals surface area contributed by atoms with Gasteiger partial charge in [-0.3, -0.25) is 9.69 Å². The highest BCUT2D eigenvalue weighted by molar-refractivity contribution is 5.77. The van der Waals surface area contributed by atoms with Crippen LogP contribution in [0.15, 0.2) is 0 Å². The van der Waals surface area contributed by atoms with E-state index in [2.05, 4.69) is 10.2 Å². The molecule has 1 N–H and O–H groups in total. The number of ether oxygens (including phenoxy) is 2. The van der Waals surface area contributed by atoms with Gasteiger partial charge in [-0.15, -0.1) is 0 Å². The Hall–Kier alpha value is -0.650. The third-order valence-electron chi connectivity index (χ3n) is 3.20. The second-order valence-corrected chi connectivity index (χ2v) is 4.37. The lowest BCUT2D eigenvalue weighted by molar-refractivity contribution is -0.127. The summed E-state index contributed by atoms with van der Waals surface area (Å²) in [6.07, 6.45) is 2.58. The molecule has 5 heteroatoms. The van der Waals surface area contributed by atoms with Crippen molar-refractivity contribution in [1.29, 1.82) is 0 Å². The summed E-state index contributed by atoms with van der Waals surface area (Å²) in [5.74, 6) is 0.0630. The molecule has 1 amide bonds. The monoisotopic (exact) mass is 228 g/mol. The van der Waals surface area contributed by atoms with Crippen molar-refractivity contribution in [2.75, 3.05) is 39.9 Å². The average molecular weight is 228 g/mol. The summed E-state index contributed by atoms with van der Waals surface area (Å²) in [4.78, 5) is 13.4. The van der Waals surface area contributed by atoms with Crippen molar-refractivity contribution >= 4 is 5.91 Å². The lowest BCUT2D eigenvalue weighted by Crippen LogP contribution is -2.50. The minimum Gasteiger partial charge on any atom is -0.375 e. The van der Waals surface area contributed by atoms with Crippen LogP contribution in [-0.4, -0.2) is 62.9 Å². The zero-order chi connectivity index (χ0) is 11.4. The molecule has 0 radical (unpaired) electrons. The minimum atomic E-state index is 0.0630. The number of morpholine rings is 1. The fourth-order valence-electron chi connectivity index (χ4n) is 2.28. The molecule has 5 nitrogen and oxygen atoms in total. The highest BCUT2D eigenvalue weighted by atomic mass is 16.5. The van der Waals surface area contributed by atoms with Gasteiger partial charge in [0.2, 0.25) is 5.91 Å². The molecule has 0 aromatic carbocycles. The van der Waals surface area contributed by atoms with E-state index in [1.807, 2.05) is 0 Å². The molecular formula is C11H20N2O3. The van der Waals surface area contributed by atoms with E-state index in [-0.39, 0.29) is 18.1 Å². The zero-order valence-electron chi connectivity index (χ0n) is 9.78. The van der Waals surface area contributed by atoms with Gasteiger partial charge in [0.05, 0.1) is 25.4 Å². The molecule has 0 aromatic rings. The molecule has 2 rings (SSSR count). The molecule has 2 heterocycles. The molecule has 92 valence electrons. The molecule has 0 aromatic heterocycles. The van der Waals surface area contributed by atoms with Crippen LogP contribution in [0, 0.1) is 0 Å². The van der Waals surface area contributed by atoms with E-state index < -0.39 is 0 Å². The van der Waals surface area contributed by atoms with E-state index >= 15 is 0 Å². The summed E-state index contributed by atoms with van der Waals surface area (Å²) in [6.45, 7) is 3.64. The van der Waals surface area contributed by atoms with Gasteiger partial charge in [0.25, 0.3) is 0 Å². The Balaban J connectivity index is 1.81. The molecule has 0 spiro atoms. The lowest BCUT2D eigenvalue weighted by Gasteiger charge is -2.34. The maximum Gasteiger partial charge on any atom is 0.233 e.